The Kier molecular flexibility index (Phi) is 5.47. The minimum absolute atomic E-state index is 0.110. The quantitative estimate of drug-likeness (QED) is 0.539. The zero-order chi connectivity index (χ0) is 19.6. The van der Waals surface area contributed by atoms with Crippen LogP contribution in [0.5, 0.6) is 0 Å². The summed E-state index contributed by atoms with van der Waals surface area (Å²) in [5.74, 6) is -0.747. The van der Waals surface area contributed by atoms with E-state index in [4.69, 9.17) is 5.73 Å². The number of carboxylic acid groups (broad SMARTS) is 1. The topological polar surface area (TPSA) is 164 Å². The fourth-order valence-electron chi connectivity index (χ4n) is 2.97. The molecule has 1 saturated heterocycles. The second kappa shape index (κ2) is 7.25. The summed E-state index contributed by atoms with van der Waals surface area (Å²) in [4.78, 5) is 33.6. The van der Waals surface area contributed by atoms with Gasteiger partial charge < -0.3 is 10.8 Å². The van der Waals surface area contributed by atoms with Crippen molar-refractivity contribution in [2.45, 2.75) is 30.3 Å². The predicted octanol–water partition coefficient (Wildman–Crippen LogP) is 0.212. The zero-order valence-electron chi connectivity index (χ0n) is 13.8. The fourth-order valence-corrected chi connectivity index (χ4v) is 4.52. The second-order valence-corrected chi connectivity index (χ2v) is 7.87. The van der Waals surface area contributed by atoms with Crippen LogP contribution in [0.2, 0.25) is 0 Å². The summed E-state index contributed by atoms with van der Waals surface area (Å²) in [6.07, 6.45) is -1.58. The summed E-state index contributed by atoms with van der Waals surface area (Å²) in [6.45, 7) is 1.18. The average Bonchev–Trinajstić information content (AvgIpc) is 2.53. The van der Waals surface area contributed by atoms with E-state index in [1.807, 2.05) is 0 Å². The van der Waals surface area contributed by atoms with Gasteiger partial charge in [-0.1, -0.05) is 0 Å². The smallest absolute Gasteiger partial charge is 0.407 e. The molecule has 1 aliphatic rings. The normalized spacial score (nSPS) is 21.3. The Bertz CT molecular complexity index is 824. The van der Waals surface area contributed by atoms with E-state index in [9.17, 15) is 33.2 Å². The Balaban J connectivity index is 2.32. The van der Waals surface area contributed by atoms with E-state index in [1.165, 1.54) is 6.92 Å². The number of amides is 2. The van der Waals surface area contributed by atoms with Crippen LogP contribution in [-0.2, 0) is 14.8 Å². The van der Waals surface area contributed by atoms with Gasteiger partial charge in [-0.2, -0.15) is 4.31 Å². The zero-order valence-corrected chi connectivity index (χ0v) is 14.6. The van der Waals surface area contributed by atoms with Gasteiger partial charge in [0.1, 0.15) is 0 Å². The van der Waals surface area contributed by atoms with Gasteiger partial charge in [0.2, 0.25) is 15.9 Å². The monoisotopic (exact) mass is 386 g/mol. The number of nitrogens with two attached hydrogens (primary N) is 1. The lowest BCUT2D eigenvalue weighted by Gasteiger charge is -2.43. The Morgan fingerprint density at radius 2 is 1.88 bits per heavy atom. The third-order valence-corrected chi connectivity index (χ3v) is 5.94. The van der Waals surface area contributed by atoms with Crippen molar-refractivity contribution in [1.82, 2.24) is 9.21 Å². The molecule has 0 bridgehead atoms. The van der Waals surface area contributed by atoms with Gasteiger partial charge in [-0.05, 0) is 19.1 Å². The van der Waals surface area contributed by atoms with E-state index in [0.29, 0.717) is 0 Å². The maximum atomic E-state index is 12.8. The van der Waals surface area contributed by atoms with Crippen LogP contribution in [0.4, 0.5) is 10.5 Å². The number of piperazine rings is 1. The lowest BCUT2D eigenvalue weighted by Crippen LogP contribution is -2.61. The molecule has 1 aliphatic heterocycles. The Hall–Kier alpha value is -2.73. The first-order valence-electron chi connectivity index (χ1n) is 7.58. The number of nitrogens with zero attached hydrogens (tertiary/aromatic N) is 3. The Labute approximate surface area is 149 Å². The third kappa shape index (κ3) is 3.91. The molecule has 0 saturated carbocycles. The molecule has 2 atom stereocenters. The number of sulfonamides is 1. The van der Waals surface area contributed by atoms with Crippen LogP contribution < -0.4 is 5.73 Å². The molecular weight excluding hydrogens is 368 g/mol. The third-order valence-electron chi connectivity index (χ3n) is 4.09. The van der Waals surface area contributed by atoms with Crippen LogP contribution in [0.3, 0.4) is 0 Å². The molecule has 1 fully saturated rings. The molecule has 3 N–H and O–H groups in total. The van der Waals surface area contributed by atoms with Gasteiger partial charge in [0.15, 0.2) is 0 Å². The van der Waals surface area contributed by atoms with Gasteiger partial charge in [-0.15, -0.1) is 0 Å². The molecule has 0 aliphatic carbocycles. The average molecular weight is 386 g/mol. The minimum Gasteiger partial charge on any atom is -0.465 e. The van der Waals surface area contributed by atoms with Crippen molar-refractivity contribution in [3.8, 4) is 0 Å². The molecule has 0 unspecified atom stereocenters. The summed E-state index contributed by atoms with van der Waals surface area (Å²) >= 11 is 0. The Morgan fingerprint density at radius 1 is 1.31 bits per heavy atom. The lowest BCUT2D eigenvalue weighted by atomic mass is 10.1. The summed E-state index contributed by atoms with van der Waals surface area (Å²) in [5.41, 5.74) is 4.90. The molecule has 2 rings (SSSR count). The van der Waals surface area contributed by atoms with Crippen molar-refractivity contribution in [2.24, 2.45) is 5.73 Å². The van der Waals surface area contributed by atoms with E-state index < -0.39 is 39.0 Å². The van der Waals surface area contributed by atoms with Crippen LogP contribution in [0.1, 0.15) is 13.3 Å². The van der Waals surface area contributed by atoms with Gasteiger partial charge in [-0.3, -0.25) is 19.8 Å². The number of rotatable bonds is 5. The van der Waals surface area contributed by atoms with Crippen molar-refractivity contribution in [3.05, 3.63) is 34.4 Å². The van der Waals surface area contributed by atoms with Crippen LogP contribution in [-0.4, -0.2) is 64.8 Å². The van der Waals surface area contributed by atoms with Crippen molar-refractivity contribution < 1.29 is 28.0 Å². The predicted molar refractivity (Wildman–Crippen MR) is 88.8 cm³/mol. The Morgan fingerprint density at radius 3 is 2.35 bits per heavy atom. The largest absolute Gasteiger partial charge is 0.465 e. The number of carbonyl (C=O) groups excluding carboxylic acids is 1. The van der Waals surface area contributed by atoms with Crippen molar-refractivity contribution in [3.63, 3.8) is 0 Å². The van der Waals surface area contributed by atoms with E-state index in [1.54, 1.807) is 0 Å². The number of hydrogen-bond donors (Lipinski definition) is 2. The number of primary amides is 1. The minimum atomic E-state index is -4.02. The molecule has 1 heterocycles. The lowest BCUT2D eigenvalue weighted by molar-refractivity contribution is -0.384. The molecule has 142 valence electrons. The second-order valence-electron chi connectivity index (χ2n) is 5.94. The summed E-state index contributed by atoms with van der Waals surface area (Å²) < 4.78 is 26.7. The number of hydrogen-bond acceptors (Lipinski definition) is 6. The van der Waals surface area contributed by atoms with E-state index in [-0.39, 0.29) is 30.1 Å². The highest BCUT2D eigenvalue weighted by molar-refractivity contribution is 7.89. The van der Waals surface area contributed by atoms with Crippen LogP contribution in [0, 0.1) is 10.1 Å². The molecule has 26 heavy (non-hydrogen) atoms. The molecule has 2 amide bonds. The molecule has 11 nitrogen and oxygen atoms in total. The van der Waals surface area contributed by atoms with Gasteiger partial charge in [0.25, 0.3) is 5.69 Å². The molecule has 1 aromatic rings. The summed E-state index contributed by atoms with van der Waals surface area (Å²) in [5, 5.41) is 20.0. The van der Waals surface area contributed by atoms with E-state index >= 15 is 0 Å². The highest BCUT2D eigenvalue weighted by Crippen LogP contribution is 2.25. The van der Waals surface area contributed by atoms with Gasteiger partial charge in [-0.25, -0.2) is 13.2 Å². The van der Waals surface area contributed by atoms with E-state index in [2.05, 4.69) is 0 Å². The van der Waals surface area contributed by atoms with E-state index in [0.717, 1.165) is 33.5 Å². The standard InChI is InChI=1S/C14H18N4O7S/c1-9-7-16(8-11(6-13(15)19)17(9)14(20)21)26(24,25)12-4-2-10(3-5-12)18(22)23/h2-5,9,11H,6-8H2,1H3,(H2,15,19)(H,20,21)/t9-,11-/m0/s1. The summed E-state index contributed by atoms with van der Waals surface area (Å²) in [7, 11) is -4.02. The first-order valence-corrected chi connectivity index (χ1v) is 9.02. The highest BCUT2D eigenvalue weighted by Gasteiger charge is 2.40. The van der Waals surface area contributed by atoms with Crippen LogP contribution in [0.25, 0.3) is 0 Å². The van der Waals surface area contributed by atoms with Crippen molar-refractivity contribution in [2.75, 3.05) is 13.1 Å². The van der Waals surface area contributed by atoms with Crippen LogP contribution in [0.15, 0.2) is 29.2 Å². The van der Waals surface area contributed by atoms with Gasteiger partial charge in [0.05, 0.1) is 15.9 Å². The maximum Gasteiger partial charge on any atom is 0.407 e. The molecule has 0 radical (unpaired) electrons. The fraction of sp³-hybridized carbons (Fsp3) is 0.429. The number of non-ortho nitro benzene ring substituents is 1. The number of carbonyl (C=O) groups is 2. The van der Waals surface area contributed by atoms with Gasteiger partial charge in [0, 0.05) is 37.7 Å². The molecule has 0 aromatic heterocycles. The first-order chi connectivity index (χ1) is 12.0. The van der Waals surface area contributed by atoms with Crippen molar-refractivity contribution in [1.29, 1.82) is 0 Å². The molecule has 1 aromatic carbocycles. The molecule has 12 heteroatoms. The number of benzene rings is 1. The molecular formula is C14H18N4O7S. The maximum absolute atomic E-state index is 12.8. The SMILES string of the molecule is C[C@H]1CN(S(=O)(=O)c2ccc([N+](=O)[O-])cc2)C[C@H](CC(N)=O)N1C(=O)O. The van der Waals surface area contributed by atoms with Gasteiger partial charge >= 0.3 is 6.09 Å². The first kappa shape index (κ1) is 19.6. The number of nitro benzene ring substituents is 1. The van der Waals surface area contributed by atoms with Crippen molar-refractivity contribution >= 4 is 27.7 Å². The van der Waals surface area contributed by atoms with Crippen LogP contribution >= 0.6 is 0 Å². The molecule has 0 spiro atoms. The highest BCUT2D eigenvalue weighted by atomic mass is 32.2. The summed E-state index contributed by atoms with van der Waals surface area (Å²) in [6, 6.07) is 2.77. The number of nitro groups is 1.